The number of ether oxygens (including phenoxy) is 2. The zero-order valence-corrected chi connectivity index (χ0v) is 19.2. The molecule has 2 aromatic carbocycles. The zero-order chi connectivity index (χ0) is 23.1. The number of fused-ring (bicyclic) bond motifs is 4. The molecular formula is C27H28N2O4. The quantitative estimate of drug-likeness (QED) is 0.553. The van der Waals surface area contributed by atoms with Gasteiger partial charge in [0.1, 0.15) is 0 Å². The van der Waals surface area contributed by atoms with Crippen LogP contribution in [0.2, 0.25) is 0 Å². The first kappa shape index (κ1) is 21.3. The number of methoxy groups -OCH3 is 2. The van der Waals surface area contributed by atoms with Crippen LogP contribution in [0.15, 0.2) is 59.4 Å². The van der Waals surface area contributed by atoms with Crippen LogP contribution in [0.3, 0.4) is 0 Å². The number of nitrogens with zero attached hydrogens (tertiary/aromatic N) is 1. The number of aryl methyl sites for hydroxylation is 1. The Morgan fingerprint density at radius 3 is 2.45 bits per heavy atom. The highest BCUT2D eigenvalue weighted by Gasteiger charge is 2.44. The van der Waals surface area contributed by atoms with Crippen molar-refractivity contribution >= 4 is 17.3 Å². The fraction of sp³-hybridized carbons (Fsp3) is 0.333. The largest absolute Gasteiger partial charge is 0.493 e. The molecule has 1 aliphatic carbocycles. The molecule has 0 aromatic heterocycles. The highest BCUT2D eigenvalue weighted by molar-refractivity contribution is 6.28. The number of allylic oxidation sites excluding steroid dienone is 2. The summed E-state index contributed by atoms with van der Waals surface area (Å²) in [6.45, 7) is 2.78. The van der Waals surface area contributed by atoms with E-state index in [1.165, 1.54) is 0 Å². The first-order valence-electron chi connectivity index (χ1n) is 11.4. The zero-order valence-electron chi connectivity index (χ0n) is 19.2. The van der Waals surface area contributed by atoms with Crippen LogP contribution in [-0.4, -0.2) is 37.2 Å². The molecule has 5 rings (SSSR count). The lowest BCUT2D eigenvalue weighted by Gasteiger charge is -2.46. The van der Waals surface area contributed by atoms with E-state index >= 15 is 0 Å². The smallest absolute Gasteiger partial charge is 0.198 e. The number of carbonyl (C=O) groups excluding carboxylic acids is 2. The van der Waals surface area contributed by atoms with E-state index in [1.54, 1.807) is 20.4 Å². The Morgan fingerprint density at radius 2 is 1.73 bits per heavy atom. The van der Waals surface area contributed by atoms with Crippen molar-refractivity contribution in [1.29, 1.82) is 0 Å². The fourth-order valence-electron chi connectivity index (χ4n) is 5.17. The summed E-state index contributed by atoms with van der Waals surface area (Å²) in [6, 6.07) is 11.7. The lowest BCUT2D eigenvalue weighted by molar-refractivity contribution is -0.121. The van der Waals surface area contributed by atoms with E-state index in [0.717, 1.165) is 53.9 Å². The summed E-state index contributed by atoms with van der Waals surface area (Å²) in [4.78, 5) is 28.8. The van der Waals surface area contributed by atoms with Gasteiger partial charge in [-0.2, -0.15) is 0 Å². The second-order valence-corrected chi connectivity index (χ2v) is 8.79. The summed E-state index contributed by atoms with van der Waals surface area (Å²) in [5.74, 6) is 1.11. The summed E-state index contributed by atoms with van der Waals surface area (Å²) in [6.07, 6.45) is 4.56. The van der Waals surface area contributed by atoms with Crippen LogP contribution in [0.25, 0.3) is 0 Å². The minimum atomic E-state index is -0.274. The number of benzene rings is 2. The number of Topliss-reactive ketones (excluding diaryl/α,β-unsaturated/α-hetero) is 2. The molecule has 2 heterocycles. The highest BCUT2D eigenvalue weighted by atomic mass is 16.5. The number of anilines is 1. The van der Waals surface area contributed by atoms with Crippen molar-refractivity contribution in [3.05, 3.63) is 76.1 Å². The second-order valence-electron chi connectivity index (χ2n) is 8.79. The molecule has 3 aliphatic rings. The van der Waals surface area contributed by atoms with Crippen LogP contribution in [0.4, 0.5) is 5.69 Å². The SMILES string of the molecule is COc1cc2c(cc1OC)C1/C(=C/Nc3ccc(C)cc3)C(=O)C3=C(CCCC3=O)N1CC2. The third-order valence-electron chi connectivity index (χ3n) is 6.83. The molecule has 6 heteroatoms. The van der Waals surface area contributed by atoms with Crippen molar-refractivity contribution in [2.75, 3.05) is 26.1 Å². The summed E-state index contributed by atoms with van der Waals surface area (Å²) in [7, 11) is 3.25. The summed E-state index contributed by atoms with van der Waals surface area (Å²) in [5, 5.41) is 3.30. The normalized spacial score (nSPS) is 20.9. The van der Waals surface area contributed by atoms with Crippen molar-refractivity contribution < 1.29 is 19.1 Å². The van der Waals surface area contributed by atoms with Crippen LogP contribution in [0.1, 0.15) is 42.0 Å². The van der Waals surface area contributed by atoms with Gasteiger partial charge < -0.3 is 19.7 Å². The van der Waals surface area contributed by atoms with Crippen molar-refractivity contribution in [2.45, 2.75) is 38.6 Å². The lowest BCUT2D eigenvalue weighted by atomic mass is 9.77. The fourth-order valence-corrected chi connectivity index (χ4v) is 5.17. The molecule has 0 radical (unpaired) electrons. The van der Waals surface area contributed by atoms with Gasteiger partial charge in [-0.3, -0.25) is 9.59 Å². The van der Waals surface area contributed by atoms with Gasteiger partial charge in [0.05, 0.1) is 25.8 Å². The maximum Gasteiger partial charge on any atom is 0.198 e. The molecule has 0 saturated heterocycles. The average Bonchev–Trinajstić information content (AvgIpc) is 2.83. The summed E-state index contributed by atoms with van der Waals surface area (Å²) >= 11 is 0. The third kappa shape index (κ3) is 3.59. The van der Waals surface area contributed by atoms with Gasteiger partial charge in [-0.15, -0.1) is 0 Å². The minimum absolute atomic E-state index is 0.0426. The molecule has 0 fully saturated rings. The molecular weight excluding hydrogens is 416 g/mol. The highest BCUT2D eigenvalue weighted by Crippen LogP contribution is 2.48. The van der Waals surface area contributed by atoms with Crippen LogP contribution in [0.5, 0.6) is 11.5 Å². The second kappa shape index (κ2) is 8.43. The van der Waals surface area contributed by atoms with Gasteiger partial charge in [0.25, 0.3) is 0 Å². The first-order chi connectivity index (χ1) is 16.0. The van der Waals surface area contributed by atoms with Gasteiger partial charge in [-0.25, -0.2) is 0 Å². The summed E-state index contributed by atoms with van der Waals surface area (Å²) in [5.41, 5.74) is 6.07. The van der Waals surface area contributed by atoms with Crippen molar-refractivity contribution in [3.8, 4) is 11.5 Å². The van der Waals surface area contributed by atoms with Crippen molar-refractivity contribution in [3.63, 3.8) is 0 Å². The Balaban J connectivity index is 1.65. The Labute approximate surface area is 193 Å². The Bertz CT molecular complexity index is 1190. The maximum atomic E-state index is 13.7. The Kier molecular flexibility index (Phi) is 5.44. The van der Waals surface area contributed by atoms with E-state index in [-0.39, 0.29) is 17.6 Å². The molecule has 1 N–H and O–H groups in total. The van der Waals surface area contributed by atoms with E-state index in [2.05, 4.69) is 10.2 Å². The number of hydrogen-bond acceptors (Lipinski definition) is 6. The molecule has 0 bridgehead atoms. The van der Waals surface area contributed by atoms with Gasteiger partial charge in [0, 0.05) is 36.1 Å². The van der Waals surface area contributed by atoms with E-state index < -0.39 is 0 Å². The number of hydrogen-bond donors (Lipinski definition) is 1. The van der Waals surface area contributed by atoms with Crippen LogP contribution < -0.4 is 14.8 Å². The van der Waals surface area contributed by atoms with Gasteiger partial charge in [-0.1, -0.05) is 17.7 Å². The number of rotatable bonds is 4. The van der Waals surface area contributed by atoms with Crippen LogP contribution >= 0.6 is 0 Å². The molecule has 1 unspecified atom stereocenters. The predicted octanol–water partition coefficient (Wildman–Crippen LogP) is 4.50. The van der Waals surface area contributed by atoms with Crippen LogP contribution in [-0.2, 0) is 16.0 Å². The molecule has 6 nitrogen and oxygen atoms in total. The topological polar surface area (TPSA) is 67.9 Å². The maximum absolute atomic E-state index is 13.7. The number of ketones is 2. The molecule has 33 heavy (non-hydrogen) atoms. The van der Waals surface area contributed by atoms with Gasteiger partial charge in [0.15, 0.2) is 23.1 Å². The molecule has 2 aromatic rings. The third-order valence-corrected chi connectivity index (χ3v) is 6.83. The Morgan fingerprint density at radius 1 is 1.00 bits per heavy atom. The molecule has 170 valence electrons. The standard InChI is InChI=1S/C27H28N2O4/c1-16-7-9-18(10-8-16)28-15-20-26-19-14-24(33-3)23(32-2)13-17(19)11-12-29(26)21-5-4-6-22(30)25(21)27(20)31/h7-10,13-15,26,28H,4-6,11-12H2,1-3H3/b20-15-. The molecule has 0 saturated carbocycles. The van der Waals surface area contributed by atoms with Crippen molar-refractivity contribution in [2.24, 2.45) is 0 Å². The van der Waals surface area contributed by atoms with E-state index in [4.69, 9.17) is 9.47 Å². The monoisotopic (exact) mass is 444 g/mol. The number of carbonyl (C=O) groups is 2. The van der Waals surface area contributed by atoms with Gasteiger partial charge >= 0.3 is 0 Å². The van der Waals surface area contributed by atoms with Crippen molar-refractivity contribution in [1.82, 2.24) is 4.90 Å². The van der Waals surface area contributed by atoms with E-state index in [0.29, 0.717) is 29.1 Å². The number of nitrogens with one attached hydrogen (secondary N) is 1. The predicted molar refractivity (Wildman–Crippen MR) is 126 cm³/mol. The minimum Gasteiger partial charge on any atom is -0.493 e. The first-order valence-corrected chi connectivity index (χ1v) is 11.4. The molecule has 1 atom stereocenters. The Hall–Kier alpha value is -3.54. The molecule has 0 amide bonds. The lowest BCUT2D eigenvalue weighted by Crippen LogP contribution is -2.44. The van der Waals surface area contributed by atoms with E-state index in [9.17, 15) is 9.59 Å². The van der Waals surface area contributed by atoms with Crippen LogP contribution in [0, 0.1) is 6.92 Å². The van der Waals surface area contributed by atoms with Gasteiger partial charge in [0.2, 0.25) is 0 Å². The van der Waals surface area contributed by atoms with E-state index in [1.807, 2.05) is 43.3 Å². The van der Waals surface area contributed by atoms with Gasteiger partial charge in [-0.05, 0) is 61.6 Å². The summed E-state index contributed by atoms with van der Waals surface area (Å²) < 4.78 is 11.1. The molecule has 2 aliphatic heterocycles. The average molecular weight is 445 g/mol. The molecule has 0 spiro atoms.